The van der Waals surface area contributed by atoms with E-state index < -0.39 is 0 Å². The highest BCUT2D eigenvalue weighted by Gasteiger charge is 2.23. The third kappa shape index (κ3) is 4.31. The third-order valence-electron chi connectivity index (χ3n) is 5.49. The van der Waals surface area contributed by atoms with Gasteiger partial charge in [0.05, 0.1) is 17.4 Å². The molecule has 3 heterocycles. The Morgan fingerprint density at radius 1 is 1.07 bits per heavy atom. The van der Waals surface area contributed by atoms with Gasteiger partial charge in [0.2, 0.25) is 0 Å². The van der Waals surface area contributed by atoms with Crippen molar-refractivity contribution in [3.8, 4) is 0 Å². The monoisotopic (exact) mass is 389 g/mol. The molecule has 1 aromatic carbocycles. The molecule has 1 fully saturated rings. The molecular formula is C23H27N5O. The van der Waals surface area contributed by atoms with Gasteiger partial charge in [0.25, 0.3) is 5.91 Å². The minimum atomic E-state index is 0.0759. The van der Waals surface area contributed by atoms with Crippen LogP contribution >= 0.6 is 0 Å². The van der Waals surface area contributed by atoms with Crippen molar-refractivity contribution < 1.29 is 4.79 Å². The third-order valence-corrected chi connectivity index (χ3v) is 5.49. The van der Waals surface area contributed by atoms with Crippen molar-refractivity contribution in [2.75, 3.05) is 37.4 Å². The van der Waals surface area contributed by atoms with Crippen molar-refractivity contribution in [1.82, 2.24) is 14.9 Å². The number of amides is 1. The number of benzene rings is 1. The van der Waals surface area contributed by atoms with E-state index in [1.54, 1.807) is 6.20 Å². The largest absolute Gasteiger partial charge is 0.381 e. The molecule has 0 radical (unpaired) electrons. The average molecular weight is 390 g/mol. The number of nitrogens with zero attached hydrogens (tertiary/aromatic N) is 4. The Morgan fingerprint density at radius 3 is 2.72 bits per heavy atom. The van der Waals surface area contributed by atoms with Gasteiger partial charge in [-0.25, -0.2) is 4.98 Å². The number of likely N-dealkylation sites (tertiary alicyclic amines) is 1. The molecule has 0 spiro atoms. The summed E-state index contributed by atoms with van der Waals surface area (Å²) in [5.74, 6) is 1.02. The number of hydrogen-bond acceptors (Lipinski definition) is 5. The fraction of sp³-hybridized carbons (Fsp3) is 0.348. The lowest BCUT2D eigenvalue weighted by Gasteiger charge is -2.22. The van der Waals surface area contributed by atoms with Crippen molar-refractivity contribution in [3.05, 3.63) is 60.6 Å². The Kier molecular flexibility index (Phi) is 5.60. The minimum Gasteiger partial charge on any atom is -0.381 e. The highest BCUT2D eigenvalue weighted by atomic mass is 16.2. The Morgan fingerprint density at radius 2 is 1.93 bits per heavy atom. The number of fused-ring (bicyclic) bond motifs is 1. The normalized spacial score (nSPS) is 17.0. The molecule has 6 nitrogen and oxygen atoms in total. The predicted molar refractivity (Wildman–Crippen MR) is 117 cm³/mol. The maximum Gasteiger partial charge on any atom is 0.256 e. The standard InChI is InChI=1S/C23H27N5O/c1-27(2)22-10-9-19(15-25-22)26-18-7-5-12-28(13-11-18)23(29)21-16-24-14-17-6-3-4-8-20(17)21/h3-4,6,8-10,14-16,18,26H,5,7,11-13H2,1-2H3/t18-/m0/s1. The number of rotatable bonds is 4. The van der Waals surface area contributed by atoms with Crippen LogP contribution in [0.2, 0.25) is 0 Å². The summed E-state index contributed by atoms with van der Waals surface area (Å²) >= 11 is 0. The van der Waals surface area contributed by atoms with Gasteiger partial charge in [-0.3, -0.25) is 9.78 Å². The average Bonchev–Trinajstić information content (AvgIpc) is 2.99. The van der Waals surface area contributed by atoms with Gasteiger partial charge < -0.3 is 15.1 Å². The number of nitrogens with one attached hydrogen (secondary N) is 1. The lowest BCUT2D eigenvalue weighted by Crippen LogP contribution is -2.33. The second kappa shape index (κ2) is 8.47. The zero-order chi connectivity index (χ0) is 20.2. The minimum absolute atomic E-state index is 0.0759. The van der Waals surface area contributed by atoms with E-state index in [1.807, 2.05) is 66.6 Å². The number of anilines is 2. The van der Waals surface area contributed by atoms with E-state index in [2.05, 4.69) is 21.4 Å². The number of carbonyl (C=O) groups excluding carboxylic acids is 1. The molecule has 3 aromatic rings. The van der Waals surface area contributed by atoms with E-state index >= 15 is 0 Å². The van der Waals surface area contributed by atoms with Gasteiger partial charge in [-0.1, -0.05) is 24.3 Å². The molecule has 1 N–H and O–H groups in total. The topological polar surface area (TPSA) is 61.4 Å². The first-order chi connectivity index (χ1) is 14.1. The molecule has 1 aliphatic rings. The highest BCUT2D eigenvalue weighted by molar-refractivity contribution is 6.06. The molecule has 6 heteroatoms. The Hall–Kier alpha value is -3.15. The van der Waals surface area contributed by atoms with E-state index in [0.717, 1.165) is 54.6 Å². The molecule has 2 aromatic heterocycles. The van der Waals surface area contributed by atoms with E-state index in [1.165, 1.54) is 0 Å². The first-order valence-corrected chi connectivity index (χ1v) is 10.1. The van der Waals surface area contributed by atoms with Crippen molar-refractivity contribution in [3.63, 3.8) is 0 Å². The number of pyridine rings is 2. The summed E-state index contributed by atoms with van der Waals surface area (Å²) < 4.78 is 0. The molecule has 29 heavy (non-hydrogen) atoms. The van der Waals surface area contributed by atoms with Crippen molar-refractivity contribution in [2.45, 2.75) is 25.3 Å². The first kappa shape index (κ1) is 19.2. The molecule has 0 aliphatic carbocycles. The maximum absolute atomic E-state index is 13.2. The van der Waals surface area contributed by atoms with E-state index in [0.29, 0.717) is 11.6 Å². The van der Waals surface area contributed by atoms with Crippen molar-refractivity contribution in [2.24, 2.45) is 0 Å². The quantitative estimate of drug-likeness (QED) is 0.735. The van der Waals surface area contributed by atoms with Crippen LogP contribution in [0.4, 0.5) is 11.5 Å². The van der Waals surface area contributed by atoms with Gasteiger partial charge >= 0.3 is 0 Å². The summed E-state index contributed by atoms with van der Waals surface area (Å²) in [6.07, 6.45) is 8.31. The lowest BCUT2D eigenvalue weighted by atomic mass is 10.1. The summed E-state index contributed by atoms with van der Waals surface area (Å²) in [5, 5.41) is 5.56. The van der Waals surface area contributed by atoms with Crippen LogP contribution in [0.25, 0.3) is 10.8 Å². The molecule has 0 bridgehead atoms. The van der Waals surface area contributed by atoms with Crippen LogP contribution in [0.15, 0.2) is 55.0 Å². The van der Waals surface area contributed by atoms with E-state index in [4.69, 9.17) is 0 Å². The SMILES string of the molecule is CN(C)c1ccc(N[C@H]2CCCN(C(=O)c3cncc4ccccc34)CC2)cn1. The Labute approximate surface area is 171 Å². The second-order valence-electron chi connectivity index (χ2n) is 7.77. The fourth-order valence-corrected chi connectivity index (χ4v) is 3.87. The lowest BCUT2D eigenvalue weighted by molar-refractivity contribution is 0.0763. The molecule has 1 amide bonds. The van der Waals surface area contributed by atoms with Crippen LogP contribution in [-0.4, -0.2) is 54.0 Å². The van der Waals surface area contributed by atoms with Crippen LogP contribution in [0.3, 0.4) is 0 Å². The van der Waals surface area contributed by atoms with Crippen LogP contribution in [-0.2, 0) is 0 Å². The van der Waals surface area contributed by atoms with Gasteiger partial charge in [-0.15, -0.1) is 0 Å². The van der Waals surface area contributed by atoms with Crippen molar-refractivity contribution in [1.29, 1.82) is 0 Å². The number of carbonyl (C=O) groups is 1. The molecule has 1 atom stereocenters. The number of hydrogen-bond donors (Lipinski definition) is 1. The zero-order valence-corrected chi connectivity index (χ0v) is 17.0. The van der Waals surface area contributed by atoms with Crippen LogP contribution in [0.1, 0.15) is 29.6 Å². The van der Waals surface area contributed by atoms with Crippen LogP contribution in [0, 0.1) is 0 Å². The molecule has 1 aliphatic heterocycles. The summed E-state index contributed by atoms with van der Waals surface area (Å²) in [6, 6.07) is 12.4. The van der Waals surface area contributed by atoms with E-state index in [9.17, 15) is 4.79 Å². The van der Waals surface area contributed by atoms with E-state index in [-0.39, 0.29) is 5.91 Å². The number of aromatic nitrogens is 2. The predicted octanol–water partition coefficient (Wildman–Crippen LogP) is 3.80. The van der Waals surface area contributed by atoms with Gasteiger partial charge in [0, 0.05) is 51.0 Å². The molecule has 0 unspecified atom stereocenters. The summed E-state index contributed by atoms with van der Waals surface area (Å²) in [4.78, 5) is 25.9. The van der Waals surface area contributed by atoms with Crippen LogP contribution < -0.4 is 10.2 Å². The molecule has 4 rings (SSSR count). The molecular weight excluding hydrogens is 362 g/mol. The zero-order valence-electron chi connectivity index (χ0n) is 17.0. The Bertz CT molecular complexity index is 981. The van der Waals surface area contributed by atoms with Crippen LogP contribution in [0.5, 0.6) is 0 Å². The molecule has 1 saturated heterocycles. The van der Waals surface area contributed by atoms with Gasteiger partial charge in [-0.2, -0.15) is 0 Å². The smallest absolute Gasteiger partial charge is 0.256 e. The fourth-order valence-electron chi connectivity index (χ4n) is 3.87. The summed E-state index contributed by atoms with van der Waals surface area (Å²) in [5.41, 5.74) is 1.72. The second-order valence-corrected chi connectivity index (χ2v) is 7.77. The molecule has 150 valence electrons. The first-order valence-electron chi connectivity index (χ1n) is 10.1. The summed E-state index contributed by atoms with van der Waals surface area (Å²) in [7, 11) is 3.97. The molecule has 0 saturated carbocycles. The van der Waals surface area contributed by atoms with Gasteiger partial charge in [0.1, 0.15) is 5.82 Å². The van der Waals surface area contributed by atoms with Gasteiger partial charge in [-0.05, 0) is 36.8 Å². The maximum atomic E-state index is 13.2. The Balaban J connectivity index is 1.42. The summed E-state index contributed by atoms with van der Waals surface area (Å²) in [6.45, 7) is 1.51. The van der Waals surface area contributed by atoms with Gasteiger partial charge in [0.15, 0.2) is 0 Å². The highest BCUT2D eigenvalue weighted by Crippen LogP contribution is 2.22. The van der Waals surface area contributed by atoms with Crippen molar-refractivity contribution >= 4 is 28.2 Å².